The van der Waals surface area contributed by atoms with Crippen molar-refractivity contribution in [1.29, 1.82) is 0 Å². The van der Waals surface area contributed by atoms with E-state index >= 15 is 0 Å². The summed E-state index contributed by atoms with van der Waals surface area (Å²) in [5.74, 6) is 0.630. The highest BCUT2D eigenvalue weighted by Crippen LogP contribution is 2.29. The molecule has 0 aromatic heterocycles. The highest BCUT2D eigenvalue weighted by molar-refractivity contribution is 5.98. The third-order valence-electron chi connectivity index (χ3n) is 4.27. The summed E-state index contributed by atoms with van der Waals surface area (Å²) in [6, 6.07) is 23.8. The first-order valence-corrected chi connectivity index (χ1v) is 9.04. The molecule has 0 aliphatic heterocycles. The summed E-state index contributed by atoms with van der Waals surface area (Å²) >= 11 is 0. The molecule has 0 saturated carbocycles. The lowest BCUT2D eigenvalue weighted by atomic mass is 10.1. The molecule has 0 fully saturated rings. The lowest BCUT2D eigenvalue weighted by molar-refractivity contribution is 0.0942. The van der Waals surface area contributed by atoms with E-state index in [-0.39, 0.29) is 18.9 Å². The first-order valence-electron chi connectivity index (χ1n) is 10.5. The van der Waals surface area contributed by atoms with Crippen LogP contribution in [0.2, 0.25) is 0 Å². The van der Waals surface area contributed by atoms with Crippen molar-refractivity contribution >= 4 is 5.78 Å². The minimum absolute atomic E-state index is 0.151. The van der Waals surface area contributed by atoms with Gasteiger partial charge in [0.25, 0.3) is 0 Å². The number of carbonyl (C=O) groups is 1. The molecular formula is C24H25NO3. The van der Waals surface area contributed by atoms with E-state index in [1.165, 1.54) is 12.0 Å². The number of ether oxygens (including phenoxy) is 2. The summed E-state index contributed by atoms with van der Waals surface area (Å²) in [6.45, 7) is -2.11. The molecule has 0 bridgehead atoms. The van der Waals surface area contributed by atoms with E-state index in [2.05, 4.69) is 0 Å². The molecule has 0 heterocycles. The van der Waals surface area contributed by atoms with Crippen LogP contribution in [0.4, 0.5) is 0 Å². The van der Waals surface area contributed by atoms with Crippen LogP contribution in [0.15, 0.2) is 78.9 Å². The van der Waals surface area contributed by atoms with Crippen LogP contribution in [-0.4, -0.2) is 31.3 Å². The van der Waals surface area contributed by atoms with Gasteiger partial charge in [-0.3, -0.25) is 9.69 Å². The molecule has 0 radical (unpaired) electrons. The van der Waals surface area contributed by atoms with Crippen LogP contribution in [0.5, 0.6) is 11.5 Å². The van der Waals surface area contributed by atoms with Gasteiger partial charge in [0.05, 0.1) is 13.7 Å². The zero-order valence-electron chi connectivity index (χ0n) is 18.8. The Hall–Kier alpha value is -3.11. The first kappa shape index (κ1) is 15.9. The van der Waals surface area contributed by atoms with Crippen LogP contribution < -0.4 is 9.47 Å². The second-order valence-corrected chi connectivity index (χ2v) is 6.40. The number of likely N-dealkylation sites (N-methyl/N-ethyl adjacent to an activating group) is 1. The molecule has 0 aliphatic rings. The predicted octanol–water partition coefficient (Wildman–Crippen LogP) is 4.59. The molecular weight excluding hydrogens is 350 g/mol. The Balaban J connectivity index is 1.72. The minimum atomic E-state index is -2.39. The van der Waals surface area contributed by atoms with Crippen molar-refractivity contribution in [3.8, 4) is 11.5 Å². The Kier molecular flexibility index (Phi) is 5.52. The maximum atomic E-state index is 12.9. The van der Waals surface area contributed by atoms with E-state index in [9.17, 15) is 4.79 Å². The second-order valence-electron chi connectivity index (χ2n) is 6.40. The molecule has 3 aromatic rings. The van der Waals surface area contributed by atoms with Gasteiger partial charge >= 0.3 is 0 Å². The van der Waals surface area contributed by atoms with Crippen molar-refractivity contribution < 1.29 is 18.4 Å². The monoisotopic (exact) mass is 378 g/mol. The molecule has 0 unspecified atom stereocenters. The third kappa shape index (κ3) is 5.44. The number of Topliss-reactive ketones (excluding diaryl/α,β-unsaturated/α-hetero) is 1. The summed E-state index contributed by atoms with van der Waals surface area (Å²) in [5.41, 5.74) is 2.21. The average Bonchev–Trinajstić information content (AvgIpc) is 2.78. The molecule has 0 saturated heterocycles. The largest absolute Gasteiger partial charge is 0.493 e. The fraction of sp³-hybridized carbons (Fsp3) is 0.208. The zero-order chi connectivity index (χ0) is 22.3. The van der Waals surface area contributed by atoms with Gasteiger partial charge in [-0.15, -0.1) is 0 Å². The fourth-order valence-corrected chi connectivity index (χ4v) is 2.82. The normalized spacial score (nSPS) is 12.7. The number of carbonyl (C=O) groups excluding carboxylic acids is 1. The minimum Gasteiger partial charge on any atom is -0.493 e. The number of rotatable bonds is 9. The van der Waals surface area contributed by atoms with E-state index < -0.39 is 6.98 Å². The Bertz CT molecular complexity index is 992. The van der Waals surface area contributed by atoms with Gasteiger partial charge in [-0.25, -0.2) is 0 Å². The van der Waals surface area contributed by atoms with Crippen molar-refractivity contribution in [3.05, 3.63) is 95.6 Å². The number of methoxy groups -OCH3 is 1. The number of nitrogens with zero attached hydrogens (tertiary/aromatic N) is 1. The van der Waals surface area contributed by atoms with E-state index in [4.69, 9.17) is 13.6 Å². The molecule has 4 heteroatoms. The zero-order valence-corrected chi connectivity index (χ0v) is 15.8. The standard InChI is InChI=1S/C24H25NO3/c1-25(16-19-9-5-3-6-10-19)17-22(26)21-13-14-23(24(15-21)27-2)28-18-20-11-7-4-8-12-20/h3-15H,16-18H2,1-2H3/i1D3. The van der Waals surface area contributed by atoms with Crippen LogP contribution >= 0.6 is 0 Å². The summed E-state index contributed by atoms with van der Waals surface area (Å²) in [5, 5.41) is 0. The third-order valence-corrected chi connectivity index (χ3v) is 4.27. The van der Waals surface area contributed by atoms with Crippen molar-refractivity contribution in [2.45, 2.75) is 13.2 Å². The number of ketones is 1. The maximum absolute atomic E-state index is 12.9. The Morgan fingerprint density at radius 3 is 2.25 bits per heavy atom. The summed E-state index contributed by atoms with van der Waals surface area (Å²) in [6.07, 6.45) is 0. The Morgan fingerprint density at radius 2 is 1.61 bits per heavy atom. The van der Waals surface area contributed by atoms with E-state index in [0.717, 1.165) is 11.1 Å². The van der Waals surface area contributed by atoms with Crippen molar-refractivity contribution in [2.24, 2.45) is 0 Å². The van der Waals surface area contributed by atoms with Crippen LogP contribution in [0.3, 0.4) is 0 Å². The molecule has 0 N–H and O–H groups in total. The molecule has 0 atom stereocenters. The van der Waals surface area contributed by atoms with Crippen molar-refractivity contribution in [2.75, 3.05) is 20.6 Å². The van der Waals surface area contributed by atoms with Gasteiger partial charge in [0.1, 0.15) is 6.61 Å². The molecule has 3 aromatic carbocycles. The number of hydrogen-bond donors (Lipinski definition) is 0. The molecule has 0 spiro atoms. The van der Waals surface area contributed by atoms with E-state index in [1.54, 1.807) is 18.2 Å². The van der Waals surface area contributed by atoms with Crippen molar-refractivity contribution in [1.82, 2.24) is 4.90 Å². The number of hydrogen-bond acceptors (Lipinski definition) is 4. The summed E-state index contributed by atoms with van der Waals surface area (Å²) in [4.78, 5) is 14.1. The van der Waals surface area contributed by atoms with E-state index in [0.29, 0.717) is 23.7 Å². The molecule has 3 rings (SSSR count). The highest BCUT2D eigenvalue weighted by Gasteiger charge is 2.13. The van der Waals surface area contributed by atoms with Crippen LogP contribution in [0.25, 0.3) is 0 Å². The van der Waals surface area contributed by atoms with Gasteiger partial charge < -0.3 is 9.47 Å². The molecule has 0 amide bonds. The quantitative estimate of drug-likeness (QED) is 0.511. The smallest absolute Gasteiger partial charge is 0.176 e. The lowest BCUT2D eigenvalue weighted by Gasteiger charge is -2.17. The highest BCUT2D eigenvalue weighted by atomic mass is 16.5. The SMILES string of the molecule is [2H]C([2H])([2H])N(CC(=O)c1ccc(OCc2ccccc2)c(OC)c1)Cc1ccccc1. The van der Waals surface area contributed by atoms with Crippen molar-refractivity contribution in [3.63, 3.8) is 0 Å². The van der Waals surface area contributed by atoms with Gasteiger partial charge in [0, 0.05) is 16.2 Å². The molecule has 28 heavy (non-hydrogen) atoms. The van der Waals surface area contributed by atoms with Crippen LogP contribution in [0, 0.1) is 0 Å². The second kappa shape index (κ2) is 9.72. The van der Waals surface area contributed by atoms with Gasteiger partial charge in [0.15, 0.2) is 17.3 Å². The van der Waals surface area contributed by atoms with Gasteiger partial charge in [-0.05, 0) is 36.3 Å². The van der Waals surface area contributed by atoms with Gasteiger partial charge in [0.2, 0.25) is 0 Å². The topological polar surface area (TPSA) is 38.8 Å². The average molecular weight is 378 g/mol. The first-order chi connectivity index (χ1) is 14.9. The van der Waals surface area contributed by atoms with Gasteiger partial charge in [-0.1, -0.05) is 60.7 Å². The molecule has 144 valence electrons. The fourth-order valence-electron chi connectivity index (χ4n) is 2.82. The number of benzene rings is 3. The Labute approximate surface area is 170 Å². The Morgan fingerprint density at radius 1 is 0.929 bits per heavy atom. The van der Waals surface area contributed by atoms with Crippen LogP contribution in [0.1, 0.15) is 25.6 Å². The van der Waals surface area contributed by atoms with Gasteiger partial charge in [-0.2, -0.15) is 0 Å². The summed E-state index contributed by atoms with van der Waals surface area (Å²) < 4.78 is 34.6. The maximum Gasteiger partial charge on any atom is 0.176 e. The predicted molar refractivity (Wildman–Crippen MR) is 111 cm³/mol. The molecule has 0 aliphatic carbocycles. The van der Waals surface area contributed by atoms with E-state index in [1.807, 2.05) is 60.7 Å². The van der Waals surface area contributed by atoms with Crippen LogP contribution in [-0.2, 0) is 13.2 Å². The molecule has 4 nitrogen and oxygen atoms in total. The summed E-state index contributed by atoms with van der Waals surface area (Å²) in [7, 11) is 1.50. The lowest BCUT2D eigenvalue weighted by Crippen LogP contribution is -2.25.